The Morgan fingerprint density at radius 1 is 0.682 bits per heavy atom. The smallest absolute Gasteiger partial charge is 0.0438 e. The van der Waals surface area contributed by atoms with E-state index < -0.39 is 0 Å². The summed E-state index contributed by atoms with van der Waals surface area (Å²) in [4.78, 5) is 0. The molecule has 0 aliphatic heterocycles. The lowest BCUT2D eigenvalue weighted by atomic mass is 9.95. The van der Waals surface area contributed by atoms with E-state index in [0.717, 1.165) is 5.02 Å². The highest BCUT2D eigenvalue weighted by atomic mass is 35.5. The molecular formula is C21H29Cl. The molecule has 0 fully saturated rings. The minimum atomic E-state index is 0.564. The van der Waals surface area contributed by atoms with E-state index in [0.29, 0.717) is 11.8 Å². The first-order chi connectivity index (χ1) is 10.3. The average Bonchev–Trinajstić information content (AvgIpc) is 2.45. The summed E-state index contributed by atoms with van der Waals surface area (Å²) in [5.74, 6) is 1.21. The third-order valence-electron chi connectivity index (χ3n) is 4.20. The topological polar surface area (TPSA) is 0 Å². The third-order valence-corrected chi connectivity index (χ3v) is 4.61. The molecule has 1 heteroatoms. The van der Waals surface area contributed by atoms with Crippen LogP contribution in [-0.2, 0) is 0 Å². The molecule has 0 aliphatic rings. The fourth-order valence-electron chi connectivity index (χ4n) is 2.65. The zero-order valence-corrected chi connectivity index (χ0v) is 15.8. The summed E-state index contributed by atoms with van der Waals surface area (Å²) in [6.45, 7) is 15.3. The predicted octanol–water partition coefficient (Wildman–Crippen LogP) is 7.20. The first-order valence-corrected chi connectivity index (χ1v) is 8.44. The molecule has 0 unspecified atom stereocenters. The summed E-state index contributed by atoms with van der Waals surface area (Å²) in [6, 6.07) is 12.6. The second kappa shape index (κ2) is 8.39. The van der Waals surface area contributed by atoms with E-state index in [1.807, 2.05) is 12.1 Å². The number of hydrogen-bond donors (Lipinski definition) is 0. The number of rotatable bonds is 2. The highest BCUT2D eigenvalue weighted by molar-refractivity contribution is 6.31. The molecule has 0 spiro atoms. The van der Waals surface area contributed by atoms with Crippen molar-refractivity contribution in [1.29, 1.82) is 0 Å². The van der Waals surface area contributed by atoms with Gasteiger partial charge in [-0.15, -0.1) is 0 Å². The minimum absolute atomic E-state index is 0.564. The average molecular weight is 317 g/mol. The van der Waals surface area contributed by atoms with E-state index in [1.54, 1.807) is 0 Å². The Morgan fingerprint density at radius 3 is 1.55 bits per heavy atom. The maximum Gasteiger partial charge on any atom is 0.0438 e. The van der Waals surface area contributed by atoms with Gasteiger partial charge in [-0.05, 0) is 66.5 Å². The van der Waals surface area contributed by atoms with Gasteiger partial charge in [0.25, 0.3) is 0 Å². The van der Waals surface area contributed by atoms with Crippen LogP contribution in [0.1, 0.15) is 67.3 Å². The number of halogens is 1. The van der Waals surface area contributed by atoms with Gasteiger partial charge in [0, 0.05) is 5.02 Å². The third kappa shape index (κ3) is 4.88. The lowest BCUT2D eigenvalue weighted by Gasteiger charge is -2.10. The van der Waals surface area contributed by atoms with E-state index in [2.05, 4.69) is 72.7 Å². The second-order valence-corrected chi connectivity index (χ2v) is 6.96. The van der Waals surface area contributed by atoms with Crippen molar-refractivity contribution >= 4 is 11.6 Å². The summed E-state index contributed by atoms with van der Waals surface area (Å²) in [7, 11) is 0. The Bertz CT molecular complexity index is 554. The molecule has 0 atom stereocenters. The molecule has 0 saturated carbocycles. The molecular weight excluding hydrogens is 288 g/mol. The van der Waals surface area contributed by atoms with E-state index in [-0.39, 0.29) is 0 Å². The van der Waals surface area contributed by atoms with Gasteiger partial charge in [-0.3, -0.25) is 0 Å². The SMILES string of the molecule is Cc1c(Cl)cccc1C(C)C.Cc1cccc(C(C)C)c1C. The van der Waals surface area contributed by atoms with Crippen molar-refractivity contribution in [2.45, 2.75) is 60.3 Å². The monoisotopic (exact) mass is 316 g/mol. The number of benzene rings is 2. The van der Waals surface area contributed by atoms with Crippen molar-refractivity contribution in [3.05, 3.63) is 69.2 Å². The highest BCUT2D eigenvalue weighted by Crippen LogP contribution is 2.24. The van der Waals surface area contributed by atoms with Crippen molar-refractivity contribution in [1.82, 2.24) is 0 Å². The summed E-state index contributed by atoms with van der Waals surface area (Å²) in [5.41, 5.74) is 6.88. The molecule has 0 bridgehead atoms. The molecule has 0 heterocycles. The van der Waals surface area contributed by atoms with Gasteiger partial charge in [0.05, 0.1) is 0 Å². The molecule has 2 aromatic rings. The summed E-state index contributed by atoms with van der Waals surface area (Å²) < 4.78 is 0. The van der Waals surface area contributed by atoms with Crippen LogP contribution in [0.15, 0.2) is 36.4 Å². The standard InChI is InChI=1S/C11H16.C10H13Cl/c1-8(2)11-7-5-6-9(3)10(11)4;1-7(2)9-5-4-6-10(11)8(9)3/h5-8H,1-4H3;4-7H,1-3H3. The van der Waals surface area contributed by atoms with Crippen LogP contribution in [0.4, 0.5) is 0 Å². The molecule has 0 radical (unpaired) electrons. The highest BCUT2D eigenvalue weighted by Gasteiger charge is 2.04. The van der Waals surface area contributed by atoms with E-state index in [1.165, 1.54) is 27.8 Å². The van der Waals surface area contributed by atoms with Crippen LogP contribution in [0.3, 0.4) is 0 Å². The molecule has 22 heavy (non-hydrogen) atoms. The lowest BCUT2D eigenvalue weighted by molar-refractivity contribution is 0.854. The molecule has 120 valence electrons. The molecule has 2 aromatic carbocycles. The minimum Gasteiger partial charge on any atom is -0.0840 e. The van der Waals surface area contributed by atoms with Crippen molar-refractivity contribution < 1.29 is 0 Å². The van der Waals surface area contributed by atoms with Crippen LogP contribution in [0.2, 0.25) is 5.02 Å². The van der Waals surface area contributed by atoms with Crippen molar-refractivity contribution in [3.8, 4) is 0 Å². The van der Waals surface area contributed by atoms with Crippen LogP contribution in [0.25, 0.3) is 0 Å². The quantitative estimate of drug-likeness (QED) is 0.549. The lowest BCUT2D eigenvalue weighted by Crippen LogP contribution is -1.93. The van der Waals surface area contributed by atoms with Gasteiger partial charge in [-0.1, -0.05) is 69.6 Å². The Labute approximate surface area is 141 Å². The van der Waals surface area contributed by atoms with E-state index in [4.69, 9.17) is 11.6 Å². The molecule has 0 nitrogen and oxygen atoms in total. The van der Waals surface area contributed by atoms with Crippen LogP contribution < -0.4 is 0 Å². The Morgan fingerprint density at radius 2 is 1.14 bits per heavy atom. The summed E-state index contributed by atoms with van der Waals surface area (Å²) in [6.07, 6.45) is 0. The zero-order valence-electron chi connectivity index (χ0n) is 15.0. The van der Waals surface area contributed by atoms with Gasteiger partial charge in [0.15, 0.2) is 0 Å². The van der Waals surface area contributed by atoms with Gasteiger partial charge in [-0.2, -0.15) is 0 Å². The van der Waals surface area contributed by atoms with Gasteiger partial charge in [0.1, 0.15) is 0 Å². The second-order valence-electron chi connectivity index (χ2n) is 6.55. The van der Waals surface area contributed by atoms with Crippen LogP contribution in [0.5, 0.6) is 0 Å². The molecule has 0 amide bonds. The van der Waals surface area contributed by atoms with Crippen molar-refractivity contribution in [2.24, 2.45) is 0 Å². The Balaban J connectivity index is 0.000000220. The van der Waals surface area contributed by atoms with Gasteiger partial charge in [-0.25, -0.2) is 0 Å². The largest absolute Gasteiger partial charge is 0.0840 e. The molecule has 0 aromatic heterocycles. The van der Waals surface area contributed by atoms with Crippen molar-refractivity contribution in [3.63, 3.8) is 0 Å². The number of aryl methyl sites for hydroxylation is 1. The normalized spacial score (nSPS) is 10.6. The Hall–Kier alpha value is -1.27. The maximum atomic E-state index is 5.96. The fraction of sp³-hybridized carbons (Fsp3) is 0.429. The maximum absolute atomic E-state index is 5.96. The van der Waals surface area contributed by atoms with Crippen molar-refractivity contribution in [2.75, 3.05) is 0 Å². The van der Waals surface area contributed by atoms with E-state index in [9.17, 15) is 0 Å². The molecule has 0 saturated heterocycles. The van der Waals surface area contributed by atoms with Gasteiger partial charge in [0.2, 0.25) is 0 Å². The van der Waals surface area contributed by atoms with E-state index >= 15 is 0 Å². The van der Waals surface area contributed by atoms with Gasteiger partial charge < -0.3 is 0 Å². The zero-order chi connectivity index (χ0) is 16.9. The number of hydrogen-bond acceptors (Lipinski definition) is 0. The summed E-state index contributed by atoms with van der Waals surface area (Å²) >= 11 is 5.96. The molecule has 0 aliphatic carbocycles. The Kier molecular flexibility index (Phi) is 7.16. The van der Waals surface area contributed by atoms with Crippen LogP contribution in [-0.4, -0.2) is 0 Å². The molecule has 2 rings (SSSR count). The predicted molar refractivity (Wildman–Crippen MR) is 100 cm³/mol. The fourth-order valence-corrected chi connectivity index (χ4v) is 2.83. The van der Waals surface area contributed by atoms with Crippen LogP contribution in [0, 0.1) is 20.8 Å². The van der Waals surface area contributed by atoms with Gasteiger partial charge >= 0.3 is 0 Å². The first kappa shape index (κ1) is 18.8. The first-order valence-electron chi connectivity index (χ1n) is 8.06. The van der Waals surface area contributed by atoms with Crippen LogP contribution >= 0.6 is 11.6 Å². The molecule has 0 N–H and O–H groups in total. The summed E-state index contributed by atoms with van der Waals surface area (Å²) in [5, 5.41) is 0.871.